The molecule has 0 bridgehead atoms. The number of nitrogens with zero attached hydrogens (tertiary/aromatic N) is 3. The predicted octanol–water partition coefficient (Wildman–Crippen LogP) is 3.25. The number of methoxy groups -OCH3 is 1. The summed E-state index contributed by atoms with van der Waals surface area (Å²) in [5.41, 5.74) is 4.32. The quantitative estimate of drug-likeness (QED) is 0.473. The van der Waals surface area contributed by atoms with E-state index >= 15 is 0 Å². The Kier molecular flexibility index (Phi) is 6.76. The second-order valence-corrected chi connectivity index (χ2v) is 6.94. The Labute approximate surface area is 170 Å². The van der Waals surface area contributed by atoms with E-state index in [2.05, 4.69) is 39.2 Å². The summed E-state index contributed by atoms with van der Waals surface area (Å²) in [6.07, 6.45) is 5.73. The molecule has 28 heavy (non-hydrogen) atoms. The summed E-state index contributed by atoms with van der Waals surface area (Å²) < 4.78 is 7.25. The fraction of sp³-hybridized carbons (Fsp3) is 0.333. The van der Waals surface area contributed by atoms with Crippen LogP contribution in [-0.2, 0) is 12.8 Å². The Balaban J connectivity index is 1.46. The number of nitrogens with one attached hydrogen (secondary N) is 2. The zero-order valence-electron chi connectivity index (χ0n) is 16.5. The lowest BCUT2D eigenvalue weighted by Gasteiger charge is -2.12. The maximum atomic E-state index is 6.29. The molecular weight excluding hydrogens is 374 g/mol. The van der Waals surface area contributed by atoms with Gasteiger partial charge in [-0.3, -0.25) is 4.99 Å². The maximum absolute atomic E-state index is 6.29. The van der Waals surface area contributed by atoms with Gasteiger partial charge >= 0.3 is 0 Å². The van der Waals surface area contributed by atoms with Crippen molar-refractivity contribution in [2.75, 3.05) is 27.2 Å². The largest absolute Gasteiger partial charge is 0.497 e. The highest BCUT2D eigenvalue weighted by Crippen LogP contribution is 2.22. The minimum Gasteiger partial charge on any atom is -0.497 e. The molecule has 0 aliphatic carbocycles. The molecule has 0 saturated carbocycles. The Morgan fingerprint density at radius 1 is 1.21 bits per heavy atom. The lowest BCUT2D eigenvalue weighted by atomic mass is 10.1. The van der Waals surface area contributed by atoms with Gasteiger partial charge in [0, 0.05) is 44.0 Å². The van der Waals surface area contributed by atoms with Crippen LogP contribution in [0.1, 0.15) is 16.8 Å². The molecule has 2 aromatic heterocycles. The van der Waals surface area contributed by atoms with E-state index in [1.807, 2.05) is 30.5 Å². The van der Waals surface area contributed by atoms with Gasteiger partial charge in [-0.1, -0.05) is 23.7 Å². The summed E-state index contributed by atoms with van der Waals surface area (Å²) in [6.45, 7) is 3.57. The number of guanidine groups is 1. The van der Waals surface area contributed by atoms with E-state index in [9.17, 15) is 0 Å². The first kappa shape index (κ1) is 20.0. The number of aliphatic imine (C=N–C) groups is 1. The molecular formula is C21H26ClN5O. The number of aryl methyl sites for hydroxylation is 1. The normalized spacial score (nSPS) is 11.6. The minimum atomic E-state index is 0.714. The molecule has 2 heterocycles. The van der Waals surface area contributed by atoms with Crippen molar-refractivity contribution < 1.29 is 4.74 Å². The summed E-state index contributed by atoms with van der Waals surface area (Å²) in [5, 5.41) is 7.37. The number of imidazole rings is 1. The van der Waals surface area contributed by atoms with Crippen LogP contribution in [-0.4, -0.2) is 42.6 Å². The number of benzene rings is 1. The number of pyridine rings is 1. The summed E-state index contributed by atoms with van der Waals surface area (Å²) in [7, 11) is 3.40. The molecule has 1 aromatic carbocycles. The molecule has 0 radical (unpaired) electrons. The van der Waals surface area contributed by atoms with Crippen molar-refractivity contribution in [1.82, 2.24) is 20.0 Å². The average Bonchev–Trinajstić information content (AvgIpc) is 3.12. The summed E-state index contributed by atoms with van der Waals surface area (Å²) in [4.78, 5) is 8.97. The monoisotopic (exact) mass is 399 g/mol. The van der Waals surface area contributed by atoms with Gasteiger partial charge in [-0.2, -0.15) is 0 Å². The molecule has 0 unspecified atom stereocenters. The molecule has 0 aliphatic rings. The molecule has 0 atom stereocenters. The summed E-state index contributed by atoms with van der Waals surface area (Å²) in [6, 6.07) is 9.86. The number of fused-ring (bicyclic) bond motifs is 1. The Morgan fingerprint density at radius 3 is 2.68 bits per heavy atom. The lowest BCUT2D eigenvalue weighted by Crippen LogP contribution is -2.39. The number of aromatic nitrogens is 2. The van der Waals surface area contributed by atoms with Gasteiger partial charge in [0.15, 0.2) is 5.96 Å². The number of ether oxygens (including phenoxy) is 1. The van der Waals surface area contributed by atoms with E-state index < -0.39 is 0 Å². The van der Waals surface area contributed by atoms with Gasteiger partial charge in [0.25, 0.3) is 0 Å². The third-order valence-corrected chi connectivity index (χ3v) is 4.92. The van der Waals surface area contributed by atoms with Gasteiger partial charge in [-0.05, 0) is 42.7 Å². The zero-order valence-corrected chi connectivity index (χ0v) is 17.3. The zero-order chi connectivity index (χ0) is 19.9. The predicted molar refractivity (Wildman–Crippen MR) is 115 cm³/mol. The maximum Gasteiger partial charge on any atom is 0.190 e. The number of hydrogen-bond acceptors (Lipinski definition) is 3. The summed E-state index contributed by atoms with van der Waals surface area (Å²) in [5.74, 6) is 1.53. The molecule has 0 fully saturated rings. The molecule has 3 aromatic rings. The third-order valence-electron chi connectivity index (χ3n) is 4.57. The highest BCUT2D eigenvalue weighted by molar-refractivity contribution is 6.31. The van der Waals surface area contributed by atoms with Crippen LogP contribution in [0.3, 0.4) is 0 Å². The van der Waals surface area contributed by atoms with Crippen molar-refractivity contribution in [3.63, 3.8) is 0 Å². The van der Waals surface area contributed by atoms with Gasteiger partial charge in [0.2, 0.25) is 0 Å². The van der Waals surface area contributed by atoms with Crippen molar-refractivity contribution >= 4 is 23.2 Å². The molecule has 0 saturated heterocycles. The van der Waals surface area contributed by atoms with Gasteiger partial charge in [-0.15, -0.1) is 0 Å². The van der Waals surface area contributed by atoms with Gasteiger partial charge in [0.05, 0.1) is 12.8 Å². The van der Waals surface area contributed by atoms with Crippen LogP contribution in [0.4, 0.5) is 0 Å². The van der Waals surface area contributed by atoms with E-state index in [1.54, 1.807) is 14.2 Å². The second-order valence-electron chi connectivity index (χ2n) is 6.54. The molecule has 2 N–H and O–H groups in total. The van der Waals surface area contributed by atoms with Crippen LogP contribution >= 0.6 is 11.6 Å². The first-order valence-corrected chi connectivity index (χ1v) is 9.68. The van der Waals surface area contributed by atoms with Crippen LogP contribution in [0, 0.1) is 6.92 Å². The Hall–Kier alpha value is -2.73. The van der Waals surface area contributed by atoms with Crippen LogP contribution < -0.4 is 15.4 Å². The molecule has 7 heteroatoms. The van der Waals surface area contributed by atoms with Crippen molar-refractivity contribution in [2.45, 2.75) is 19.8 Å². The van der Waals surface area contributed by atoms with Crippen LogP contribution in [0.25, 0.3) is 5.65 Å². The van der Waals surface area contributed by atoms with Gasteiger partial charge < -0.3 is 19.8 Å². The topological polar surface area (TPSA) is 63.0 Å². The Bertz CT molecular complexity index is 967. The molecule has 0 spiro atoms. The Morgan fingerprint density at radius 2 is 2.00 bits per heavy atom. The van der Waals surface area contributed by atoms with E-state index in [-0.39, 0.29) is 0 Å². The smallest absolute Gasteiger partial charge is 0.190 e. The second kappa shape index (κ2) is 9.46. The van der Waals surface area contributed by atoms with Gasteiger partial charge in [-0.25, -0.2) is 4.98 Å². The standard InChI is InChI=1S/C21H26ClN5O/c1-15-5-4-12-27-14-17(26-20(15)27)9-11-25-21(23-2)24-10-8-16-6-7-18(28-3)13-19(16)22/h4-7,12-14H,8-11H2,1-3H3,(H2,23,24,25). The van der Waals surface area contributed by atoms with Crippen molar-refractivity contribution in [2.24, 2.45) is 4.99 Å². The van der Waals surface area contributed by atoms with Crippen molar-refractivity contribution in [1.29, 1.82) is 0 Å². The van der Waals surface area contributed by atoms with Crippen LogP contribution in [0.15, 0.2) is 47.7 Å². The van der Waals surface area contributed by atoms with Gasteiger partial charge in [0.1, 0.15) is 11.4 Å². The van der Waals surface area contributed by atoms with Crippen molar-refractivity contribution in [3.8, 4) is 5.75 Å². The van der Waals surface area contributed by atoms with E-state index in [4.69, 9.17) is 21.3 Å². The lowest BCUT2D eigenvalue weighted by molar-refractivity contribution is 0.414. The highest BCUT2D eigenvalue weighted by atomic mass is 35.5. The van der Waals surface area contributed by atoms with Crippen LogP contribution in [0.5, 0.6) is 5.75 Å². The molecule has 0 aliphatic heterocycles. The summed E-state index contributed by atoms with van der Waals surface area (Å²) >= 11 is 6.29. The van der Waals surface area contributed by atoms with E-state index in [0.717, 1.165) is 54.5 Å². The molecule has 6 nitrogen and oxygen atoms in total. The SMILES string of the molecule is CN=C(NCCc1cn2cccc(C)c2n1)NCCc1ccc(OC)cc1Cl. The van der Waals surface area contributed by atoms with E-state index in [1.165, 1.54) is 5.56 Å². The number of rotatable bonds is 7. The number of halogens is 1. The fourth-order valence-corrected chi connectivity index (χ4v) is 3.29. The third kappa shape index (κ3) is 4.95. The average molecular weight is 400 g/mol. The fourth-order valence-electron chi connectivity index (χ4n) is 3.03. The minimum absolute atomic E-state index is 0.714. The highest BCUT2D eigenvalue weighted by Gasteiger charge is 2.05. The van der Waals surface area contributed by atoms with E-state index in [0.29, 0.717) is 5.02 Å². The molecule has 148 valence electrons. The first-order valence-electron chi connectivity index (χ1n) is 9.31. The molecule has 3 rings (SSSR count). The van der Waals surface area contributed by atoms with Crippen molar-refractivity contribution in [3.05, 3.63) is 64.6 Å². The first-order chi connectivity index (χ1) is 13.6. The number of hydrogen-bond donors (Lipinski definition) is 2. The molecule has 0 amide bonds. The van der Waals surface area contributed by atoms with Crippen LogP contribution in [0.2, 0.25) is 5.02 Å².